The van der Waals surface area contributed by atoms with Crippen LogP contribution in [-0.2, 0) is 14.3 Å². The Morgan fingerprint density at radius 2 is 0.636 bits per heavy atom. The van der Waals surface area contributed by atoms with Crippen molar-refractivity contribution in [2.45, 2.75) is 366 Å². The Morgan fingerprint density at radius 3 is 0.924 bits per heavy atom. The van der Waals surface area contributed by atoms with Crippen LogP contribution in [0.2, 0.25) is 0 Å². The van der Waals surface area contributed by atoms with Gasteiger partial charge in [0.15, 0.2) is 0 Å². The Kier molecular flexibility index (Phi) is 53.8. The molecule has 6 nitrogen and oxygen atoms in total. The summed E-state index contributed by atoms with van der Waals surface area (Å²) in [7, 11) is 0. The number of hydrogen-bond donors (Lipinski definition) is 3. The first-order valence-electron chi connectivity index (χ1n) is 30.3. The summed E-state index contributed by atoms with van der Waals surface area (Å²) in [5, 5.41) is 23.9. The number of rotatable bonds is 56. The van der Waals surface area contributed by atoms with E-state index in [9.17, 15) is 19.8 Å². The second-order valence-electron chi connectivity index (χ2n) is 21.1. The standard InChI is InChI=1S/C60H119NO5/c1-4-7-10-13-16-19-22-25-28-29-30-31-32-35-38-41-44-47-50-53-60(65)66-56(51-48-45-42-39-36-33-26-23-20-17-14-11-8-5-2)54-59(64)61-57(55-62)58(63)52-49-46-43-40-37-34-27-24-21-18-15-12-9-6-3/h56-58,62-63H,4-55H2,1-3H3,(H,61,64). The van der Waals surface area contributed by atoms with Gasteiger partial charge in [-0.2, -0.15) is 0 Å². The van der Waals surface area contributed by atoms with Gasteiger partial charge in [-0.3, -0.25) is 9.59 Å². The maximum absolute atomic E-state index is 13.3. The highest BCUT2D eigenvalue weighted by molar-refractivity contribution is 5.77. The fraction of sp³-hybridized carbons (Fsp3) is 0.967. The number of amides is 1. The second kappa shape index (κ2) is 54.8. The van der Waals surface area contributed by atoms with E-state index in [4.69, 9.17) is 4.74 Å². The molecule has 3 N–H and O–H groups in total. The predicted octanol–water partition coefficient (Wildman–Crippen LogP) is 18.7. The van der Waals surface area contributed by atoms with Crippen LogP contribution in [0.5, 0.6) is 0 Å². The van der Waals surface area contributed by atoms with E-state index in [2.05, 4.69) is 26.1 Å². The van der Waals surface area contributed by atoms with E-state index in [-0.39, 0.29) is 24.9 Å². The topological polar surface area (TPSA) is 95.9 Å². The Labute approximate surface area is 413 Å². The molecule has 66 heavy (non-hydrogen) atoms. The lowest BCUT2D eigenvalue weighted by Gasteiger charge is -2.24. The van der Waals surface area contributed by atoms with E-state index in [1.165, 1.54) is 263 Å². The maximum Gasteiger partial charge on any atom is 0.306 e. The zero-order chi connectivity index (χ0) is 48.1. The number of carbonyl (C=O) groups is 2. The fourth-order valence-corrected chi connectivity index (χ4v) is 9.85. The van der Waals surface area contributed by atoms with Crippen LogP contribution in [0.1, 0.15) is 348 Å². The van der Waals surface area contributed by atoms with Crippen LogP contribution in [-0.4, -0.2) is 46.9 Å². The molecule has 0 saturated carbocycles. The van der Waals surface area contributed by atoms with Crippen LogP contribution in [0.15, 0.2) is 0 Å². The number of carbonyl (C=O) groups excluding carboxylic acids is 2. The first-order valence-corrected chi connectivity index (χ1v) is 30.3. The van der Waals surface area contributed by atoms with Crippen molar-refractivity contribution in [1.82, 2.24) is 5.32 Å². The monoisotopic (exact) mass is 934 g/mol. The zero-order valence-corrected chi connectivity index (χ0v) is 45.1. The van der Waals surface area contributed by atoms with Gasteiger partial charge < -0.3 is 20.3 Å². The number of ether oxygens (including phenoxy) is 1. The third-order valence-electron chi connectivity index (χ3n) is 14.4. The molecule has 0 spiro atoms. The molecule has 0 saturated heterocycles. The summed E-state index contributed by atoms with van der Waals surface area (Å²) in [6.07, 6.45) is 61.7. The number of nitrogens with one attached hydrogen (secondary N) is 1. The van der Waals surface area contributed by atoms with Gasteiger partial charge in [-0.15, -0.1) is 0 Å². The van der Waals surface area contributed by atoms with Crippen LogP contribution >= 0.6 is 0 Å². The number of unbranched alkanes of at least 4 members (excludes halogenated alkanes) is 44. The van der Waals surface area contributed by atoms with Crippen molar-refractivity contribution in [3.05, 3.63) is 0 Å². The minimum absolute atomic E-state index is 0.0887. The molecule has 0 aromatic carbocycles. The van der Waals surface area contributed by atoms with E-state index in [1.807, 2.05) is 0 Å². The van der Waals surface area contributed by atoms with Gasteiger partial charge >= 0.3 is 5.97 Å². The first kappa shape index (κ1) is 64.9. The minimum atomic E-state index is -0.780. The van der Waals surface area contributed by atoms with E-state index in [0.29, 0.717) is 19.3 Å². The lowest BCUT2D eigenvalue weighted by atomic mass is 10.0. The van der Waals surface area contributed by atoms with Gasteiger partial charge in [0.1, 0.15) is 6.10 Å². The van der Waals surface area contributed by atoms with Crippen molar-refractivity contribution in [2.24, 2.45) is 0 Å². The highest BCUT2D eigenvalue weighted by Crippen LogP contribution is 2.20. The fourth-order valence-electron chi connectivity index (χ4n) is 9.85. The summed E-state index contributed by atoms with van der Waals surface area (Å²) >= 11 is 0. The Hall–Kier alpha value is -1.14. The molecule has 394 valence electrons. The molecule has 1 amide bonds. The lowest BCUT2D eigenvalue weighted by Crippen LogP contribution is -2.46. The molecule has 0 aliphatic heterocycles. The van der Waals surface area contributed by atoms with Gasteiger partial charge in [0, 0.05) is 6.42 Å². The molecular formula is C60H119NO5. The van der Waals surface area contributed by atoms with Gasteiger partial charge in [-0.05, 0) is 25.7 Å². The van der Waals surface area contributed by atoms with Crippen molar-refractivity contribution in [2.75, 3.05) is 6.61 Å². The molecule has 0 rings (SSSR count). The van der Waals surface area contributed by atoms with Crippen molar-refractivity contribution in [1.29, 1.82) is 0 Å². The van der Waals surface area contributed by atoms with Crippen molar-refractivity contribution >= 4 is 11.9 Å². The molecule has 0 aromatic rings. The summed E-state index contributed by atoms with van der Waals surface area (Å²) in [5.74, 6) is -0.442. The smallest absolute Gasteiger partial charge is 0.306 e. The average Bonchev–Trinajstić information content (AvgIpc) is 3.31. The summed E-state index contributed by atoms with van der Waals surface area (Å²) in [4.78, 5) is 26.3. The highest BCUT2D eigenvalue weighted by atomic mass is 16.5. The van der Waals surface area contributed by atoms with Crippen molar-refractivity contribution < 1.29 is 24.5 Å². The van der Waals surface area contributed by atoms with E-state index in [1.54, 1.807) is 0 Å². The first-order chi connectivity index (χ1) is 32.5. The average molecular weight is 935 g/mol. The van der Waals surface area contributed by atoms with E-state index < -0.39 is 18.2 Å². The summed E-state index contributed by atoms with van der Waals surface area (Å²) in [6.45, 7) is 6.54. The quantitative estimate of drug-likeness (QED) is 0.0417. The van der Waals surface area contributed by atoms with Gasteiger partial charge in [0.25, 0.3) is 0 Å². The molecule has 0 bridgehead atoms. The minimum Gasteiger partial charge on any atom is -0.462 e. The van der Waals surface area contributed by atoms with E-state index in [0.717, 1.165) is 38.5 Å². The molecule has 0 aromatic heterocycles. The van der Waals surface area contributed by atoms with Crippen LogP contribution in [0.25, 0.3) is 0 Å². The SMILES string of the molecule is CCCCCCCCCCCCCCCCCCCCCC(=O)OC(CCCCCCCCCCCCCCCC)CC(=O)NC(CO)C(O)CCCCCCCCCCCCCCCC. The molecule has 3 unspecified atom stereocenters. The molecule has 0 aliphatic carbocycles. The Morgan fingerprint density at radius 1 is 0.379 bits per heavy atom. The van der Waals surface area contributed by atoms with Gasteiger partial charge in [-0.1, -0.05) is 310 Å². The molecule has 6 heteroatoms. The van der Waals surface area contributed by atoms with Gasteiger partial charge in [0.2, 0.25) is 5.91 Å². The summed E-state index contributed by atoms with van der Waals surface area (Å²) < 4.78 is 5.98. The summed E-state index contributed by atoms with van der Waals surface area (Å²) in [5.41, 5.74) is 0. The van der Waals surface area contributed by atoms with Crippen LogP contribution in [0.3, 0.4) is 0 Å². The van der Waals surface area contributed by atoms with E-state index >= 15 is 0 Å². The number of aliphatic hydroxyl groups excluding tert-OH is 2. The molecule has 0 aliphatic rings. The largest absolute Gasteiger partial charge is 0.462 e. The molecule has 0 fully saturated rings. The van der Waals surface area contributed by atoms with Crippen molar-refractivity contribution in [3.8, 4) is 0 Å². The highest BCUT2D eigenvalue weighted by Gasteiger charge is 2.24. The number of aliphatic hydroxyl groups is 2. The molecular weight excluding hydrogens is 815 g/mol. The van der Waals surface area contributed by atoms with Crippen LogP contribution in [0, 0.1) is 0 Å². The summed E-state index contributed by atoms with van der Waals surface area (Å²) in [6, 6.07) is -0.693. The molecule has 3 atom stereocenters. The zero-order valence-electron chi connectivity index (χ0n) is 45.1. The van der Waals surface area contributed by atoms with Gasteiger partial charge in [-0.25, -0.2) is 0 Å². The lowest BCUT2D eigenvalue weighted by molar-refractivity contribution is -0.151. The second-order valence-corrected chi connectivity index (χ2v) is 21.1. The Balaban J connectivity index is 4.44. The third-order valence-corrected chi connectivity index (χ3v) is 14.4. The number of hydrogen-bond acceptors (Lipinski definition) is 5. The predicted molar refractivity (Wildman–Crippen MR) is 287 cm³/mol. The normalized spacial score (nSPS) is 13.0. The van der Waals surface area contributed by atoms with Crippen LogP contribution in [0.4, 0.5) is 0 Å². The van der Waals surface area contributed by atoms with Crippen molar-refractivity contribution in [3.63, 3.8) is 0 Å². The Bertz CT molecular complexity index is 959. The number of esters is 1. The molecule has 0 radical (unpaired) electrons. The van der Waals surface area contributed by atoms with Crippen LogP contribution < -0.4 is 5.32 Å². The maximum atomic E-state index is 13.3. The third kappa shape index (κ3) is 49.3. The molecule has 0 heterocycles. The van der Waals surface area contributed by atoms with Gasteiger partial charge in [0.05, 0.1) is 25.2 Å².